The number of likely N-dealkylation sites (tertiary alicyclic amines) is 1. The lowest BCUT2D eigenvalue weighted by Gasteiger charge is -2.32. The maximum absolute atomic E-state index is 12.2. The van der Waals surface area contributed by atoms with Crippen LogP contribution in [-0.2, 0) is 9.59 Å². The number of amides is 2. The molecule has 1 aliphatic carbocycles. The van der Waals surface area contributed by atoms with Crippen molar-refractivity contribution in [2.45, 2.75) is 44.6 Å². The Kier molecular flexibility index (Phi) is 5.72. The Morgan fingerprint density at radius 3 is 2.46 bits per heavy atom. The van der Waals surface area contributed by atoms with E-state index < -0.39 is 0 Å². The molecule has 0 bridgehead atoms. The first kappa shape index (κ1) is 16.8. The zero-order valence-corrected chi connectivity index (χ0v) is 14.1. The van der Waals surface area contributed by atoms with Crippen LogP contribution in [0.5, 0.6) is 5.75 Å². The van der Waals surface area contributed by atoms with E-state index in [1.165, 1.54) is 0 Å². The van der Waals surface area contributed by atoms with E-state index in [2.05, 4.69) is 5.32 Å². The minimum absolute atomic E-state index is 0.193. The number of nitrogens with one attached hydrogen (secondary N) is 1. The van der Waals surface area contributed by atoms with E-state index in [4.69, 9.17) is 4.74 Å². The average molecular weight is 330 g/mol. The highest BCUT2D eigenvalue weighted by Crippen LogP contribution is 2.29. The number of hydrogen-bond acceptors (Lipinski definition) is 3. The van der Waals surface area contributed by atoms with Crippen molar-refractivity contribution in [3.63, 3.8) is 0 Å². The van der Waals surface area contributed by atoms with Crippen LogP contribution in [0, 0.1) is 5.92 Å². The fourth-order valence-corrected chi connectivity index (χ4v) is 3.03. The lowest BCUT2D eigenvalue weighted by atomic mass is 10.0. The zero-order chi connectivity index (χ0) is 16.8. The summed E-state index contributed by atoms with van der Waals surface area (Å²) >= 11 is 0. The lowest BCUT2D eigenvalue weighted by molar-refractivity contribution is -0.132. The summed E-state index contributed by atoms with van der Waals surface area (Å²) < 4.78 is 5.61. The number of para-hydroxylation sites is 1. The van der Waals surface area contributed by atoms with Gasteiger partial charge in [0.05, 0.1) is 6.61 Å². The van der Waals surface area contributed by atoms with Crippen molar-refractivity contribution in [2.24, 2.45) is 5.92 Å². The number of rotatable bonds is 7. The Balaban J connectivity index is 1.29. The van der Waals surface area contributed by atoms with Gasteiger partial charge in [-0.3, -0.25) is 9.59 Å². The predicted molar refractivity (Wildman–Crippen MR) is 91.6 cm³/mol. The minimum Gasteiger partial charge on any atom is -0.494 e. The van der Waals surface area contributed by atoms with Crippen molar-refractivity contribution in [1.29, 1.82) is 0 Å². The molecule has 2 amide bonds. The van der Waals surface area contributed by atoms with Crippen LogP contribution in [0.1, 0.15) is 38.5 Å². The summed E-state index contributed by atoms with van der Waals surface area (Å²) in [5.41, 5.74) is 0. The smallest absolute Gasteiger partial charge is 0.223 e. The third-order valence-electron chi connectivity index (χ3n) is 4.69. The topological polar surface area (TPSA) is 58.6 Å². The monoisotopic (exact) mass is 330 g/mol. The third kappa shape index (κ3) is 4.98. The normalized spacial score (nSPS) is 18.2. The fraction of sp³-hybridized carbons (Fsp3) is 0.579. The van der Waals surface area contributed by atoms with Gasteiger partial charge in [-0.15, -0.1) is 0 Å². The van der Waals surface area contributed by atoms with Gasteiger partial charge in [-0.2, -0.15) is 0 Å². The summed E-state index contributed by atoms with van der Waals surface area (Å²) in [6.07, 6.45) is 5.05. The number of benzene rings is 1. The Bertz CT molecular complexity index is 549. The van der Waals surface area contributed by atoms with Gasteiger partial charge in [0, 0.05) is 31.5 Å². The van der Waals surface area contributed by atoms with Gasteiger partial charge in [0.15, 0.2) is 0 Å². The lowest BCUT2D eigenvalue weighted by Crippen LogP contribution is -2.46. The van der Waals surface area contributed by atoms with Crippen LogP contribution >= 0.6 is 0 Å². The van der Waals surface area contributed by atoms with Crippen LogP contribution in [0.25, 0.3) is 0 Å². The SMILES string of the molecule is O=C(NC1CCN(C(=O)CCCOc2ccccc2)CC1)C1CC1. The van der Waals surface area contributed by atoms with Crippen molar-refractivity contribution >= 4 is 11.8 Å². The van der Waals surface area contributed by atoms with E-state index in [0.717, 1.165) is 50.9 Å². The van der Waals surface area contributed by atoms with Gasteiger partial charge >= 0.3 is 0 Å². The Hall–Kier alpha value is -2.04. The summed E-state index contributed by atoms with van der Waals surface area (Å²) in [5.74, 6) is 1.50. The predicted octanol–water partition coefficient (Wildman–Crippen LogP) is 2.36. The van der Waals surface area contributed by atoms with Crippen molar-refractivity contribution in [3.8, 4) is 5.75 Å². The quantitative estimate of drug-likeness (QED) is 0.781. The molecule has 2 fully saturated rings. The van der Waals surface area contributed by atoms with Crippen LogP contribution in [0.4, 0.5) is 0 Å². The summed E-state index contributed by atoms with van der Waals surface area (Å²) in [6, 6.07) is 9.90. The Labute approximate surface area is 143 Å². The second kappa shape index (κ2) is 8.18. The number of piperidine rings is 1. The van der Waals surface area contributed by atoms with E-state index in [0.29, 0.717) is 13.0 Å². The van der Waals surface area contributed by atoms with Crippen LogP contribution < -0.4 is 10.1 Å². The standard InChI is InChI=1S/C19H26N2O3/c22-18(7-4-14-24-17-5-2-1-3-6-17)21-12-10-16(11-13-21)20-19(23)15-8-9-15/h1-3,5-6,15-16H,4,7-14H2,(H,20,23). The number of nitrogens with zero attached hydrogens (tertiary/aromatic N) is 1. The van der Waals surface area contributed by atoms with Gasteiger partial charge < -0.3 is 15.0 Å². The van der Waals surface area contributed by atoms with E-state index in [-0.39, 0.29) is 23.8 Å². The molecule has 24 heavy (non-hydrogen) atoms. The largest absolute Gasteiger partial charge is 0.494 e. The summed E-state index contributed by atoms with van der Waals surface area (Å²) in [4.78, 5) is 25.9. The molecule has 1 N–H and O–H groups in total. The molecule has 0 atom stereocenters. The molecule has 0 radical (unpaired) electrons. The van der Waals surface area contributed by atoms with Crippen molar-refractivity contribution in [2.75, 3.05) is 19.7 Å². The second-order valence-corrected chi connectivity index (χ2v) is 6.70. The van der Waals surface area contributed by atoms with Gasteiger partial charge in [0.2, 0.25) is 11.8 Å². The average Bonchev–Trinajstić information content (AvgIpc) is 3.45. The highest BCUT2D eigenvalue weighted by molar-refractivity contribution is 5.81. The molecule has 5 nitrogen and oxygen atoms in total. The molecule has 0 unspecified atom stereocenters. The Morgan fingerprint density at radius 1 is 1.08 bits per heavy atom. The summed E-state index contributed by atoms with van der Waals surface area (Å²) in [5, 5.41) is 3.11. The van der Waals surface area contributed by atoms with Crippen LogP contribution in [0.3, 0.4) is 0 Å². The van der Waals surface area contributed by atoms with Crippen LogP contribution in [-0.4, -0.2) is 42.5 Å². The van der Waals surface area contributed by atoms with Crippen LogP contribution in [0.15, 0.2) is 30.3 Å². The van der Waals surface area contributed by atoms with Gasteiger partial charge in [-0.25, -0.2) is 0 Å². The first-order valence-corrected chi connectivity index (χ1v) is 8.98. The molecule has 3 rings (SSSR count). The molecule has 5 heteroatoms. The van der Waals surface area contributed by atoms with Crippen molar-refractivity contribution in [3.05, 3.63) is 30.3 Å². The number of hydrogen-bond donors (Lipinski definition) is 1. The molecule has 1 aromatic carbocycles. The molecule has 130 valence electrons. The van der Waals surface area contributed by atoms with E-state index in [1.54, 1.807) is 0 Å². The molecular weight excluding hydrogens is 304 g/mol. The zero-order valence-electron chi connectivity index (χ0n) is 14.1. The van der Waals surface area contributed by atoms with Gasteiger partial charge in [0.1, 0.15) is 5.75 Å². The maximum Gasteiger partial charge on any atom is 0.223 e. The highest BCUT2D eigenvalue weighted by Gasteiger charge is 2.32. The molecule has 0 aromatic heterocycles. The van der Waals surface area contributed by atoms with Crippen molar-refractivity contribution in [1.82, 2.24) is 10.2 Å². The molecule has 1 aliphatic heterocycles. The summed E-state index contributed by atoms with van der Waals surface area (Å²) in [7, 11) is 0. The third-order valence-corrected chi connectivity index (χ3v) is 4.69. The second-order valence-electron chi connectivity index (χ2n) is 6.70. The highest BCUT2D eigenvalue weighted by atomic mass is 16.5. The number of ether oxygens (including phenoxy) is 1. The molecule has 0 spiro atoms. The molecular formula is C19H26N2O3. The Morgan fingerprint density at radius 2 is 1.79 bits per heavy atom. The molecule has 1 saturated carbocycles. The maximum atomic E-state index is 12.2. The number of carbonyl (C=O) groups is 2. The van der Waals surface area contributed by atoms with E-state index in [1.807, 2.05) is 35.2 Å². The van der Waals surface area contributed by atoms with Gasteiger partial charge in [-0.05, 0) is 44.2 Å². The van der Waals surface area contributed by atoms with E-state index in [9.17, 15) is 9.59 Å². The fourth-order valence-electron chi connectivity index (χ4n) is 3.03. The van der Waals surface area contributed by atoms with Crippen LogP contribution in [0.2, 0.25) is 0 Å². The number of carbonyl (C=O) groups excluding carboxylic acids is 2. The minimum atomic E-state index is 0.193. The first-order chi connectivity index (χ1) is 11.7. The van der Waals surface area contributed by atoms with E-state index >= 15 is 0 Å². The van der Waals surface area contributed by atoms with Gasteiger partial charge in [-0.1, -0.05) is 18.2 Å². The first-order valence-electron chi connectivity index (χ1n) is 8.98. The molecule has 1 aromatic rings. The van der Waals surface area contributed by atoms with Crippen molar-refractivity contribution < 1.29 is 14.3 Å². The molecule has 2 aliphatic rings. The molecule has 1 heterocycles. The summed E-state index contributed by atoms with van der Waals surface area (Å²) in [6.45, 7) is 2.05. The molecule has 1 saturated heterocycles. The van der Waals surface area contributed by atoms with Gasteiger partial charge in [0.25, 0.3) is 0 Å².